The maximum atomic E-state index is 13.2. The Hall–Kier alpha value is -2.15. The molecule has 0 unspecified atom stereocenters. The Morgan fingerprint density at radius 2 is 1.90 bits per heavy atom. The standard InChI is InChI=1S/C25H24N2OS3/c1-15(2)29-17-9-7-8-16(14-17)23(28)27-25-22(18-10-3-5-12-20(18)30-25)24-26-19-11-4-6-13-21(19)31-24/h4,6-9,11,13-15H,3,5,10,12H2,1-2H3,(H,27,28). The number of anilines is 1. The highest BCUT2D eigenvalue weighted by atomic mass is 32.2. The van der Waals surface area contributed by atoms with E-state index in [2.05, 4.69) is 43.4 Å². The molecule has 0 fully saturated rings. The van der Waals surface area contributed by atoms with Gasteiger partial charge in [0, 0.05) is 26.1 Å². The second kappa shape index (κ2) is 8.77. The summed E-state index contributed by atoms with van der Waals surface area (Å²) < 4.78 is 1.18. The van der Waals surface area contributed by atoms with E-state index in [1.165, 1.54) is 28.0 Å². The van der Waals surface area contributed by atoms with Gasteiger partial charge in [-0.2, -0.15) is 0 Å². The van der Waals surface area contributed by atoms with E-state index in [1.807, 2.05) is 24.3 Å². The van der Waals surface area contributed by atoms with Crippen LogP contribution in [0.25, 0.3) is 20.8 Å². The van der Waals surface area contributed by atoms with E-state index in [1.54, 1.807) is 34.4 Å². The van der Waals surface area contributed by atoms with Gasteiger partial charge in [-0.15, -0.1) is 34.4 Å². The molecule has 0 aliphatic heterocycles. The Balaban J connectivity index is 1.52. The van der Waals surface area contributed by atoms with Crippen molar-refractivity contribution in [2.75, 3.05) is 5.32 Å². The van der Waals surface area contributed by atoms with Crippen LogP contribution in [0, 0.1) is 0 Å². The van der Waals surface area contributed by atoms with Gasteiger partial charge >= 0.3 is 0 Å². The van der Waals surface area contributed by atoms with Gasteiger partial charge in [0.1, 0.15) is 10.0 Å². The smallest absolute Gasteiger partial charge is 0.256 e. The monoisotopic (exact) mass is 464 g/mol. The number of thiazole rings is 1. The van der Waals surface area contributed by atoms with E-state index in [0.717, 1.165) is 38.8 Å². The summed E-state index contributed by atoms with van der Waals surface area (Å²) in [5.41, 5.74) is 4.25. The number of amides is 1. The van der Waals surface area contributed by atoms with Gasteiger partial charge in [0.2, 0.25) is 0 Å². The predicted molar refractivity (Wildman–Crippen MR) is 135 cm³/mol. The summed E-state index contributed by atoms with van der Waals surface area (Å²) in [5.74, 6) is -0.0489. The van der Waals surface area contributed by atoms with Gasteiger partial charge in [-0.05, 0) is 61.6 Å². The van der Waals surface area contributed by atoms with Crippen LogP contribution in [0.5, 0.6) is 0 Å². The van der Waals surface area contributed by atoms with Crippen LogP contribution in [0.15, 0.2) is 53.4 Å². The molecule has 31 heavy (non-hydrogen) atoms. The van der Waals surface area contributed by atoms with Crippen LogP contribution >= 0.6 is 34.4 Å². The zero-order valence-corrected chi connectivity index (χ0v) is 20.1. The van der Waals surface area contributed by atoms with Crippen molar-refractivity contribution in [2.24, 2.45) is 0 Å². The summed E-state index contributed by atoms with van der Waals surface area (Å²) in [7, 11) is 0. The highest BCUT2D eigenvalue weighted by Gasteiger charge is 2.25. The molecule has 2 heterocycles. The van der Waals surface area contributed by atoms with Gasteiger partial charge in [-0.25, -0.2) is 4.98 Å². The van der Waals surface area contributed by atoms with E-state index in [0.29, 0.717) is 10.8 Å². The maximum absolute atomic E-state index is 13.2. The first-order chi connectivity index (χ1) is 15.1. The van der Waals surface area contributed by atoms with Crippen molar-refractivity contribution in [2.45, 2.75) is 49.7 Å². The fourth-order valence-corrected chi connectivity index (χ4v) is 7.31. The third-order valence-electron chi connectivity index (χ3n) is 5.37. The number of benzene rings is 2. The van der Waals surface area contributed by atoms with Gasteiger partial charge < -0.3 is 5.32 Å². The van der Waals surface area contributed by atoms with Crippen molar-refractivity contribution in [3.8, 4) is 10.6 Å². The van der Waals surface area contributed by atoms with E-state index >= 15 is 0 Å². The number of hydrogen-bond acceptors (Lipinski definition) is 5. The highest BCUT2D eigenvalue weighted by molar-refractivity contribution is 7.99. The van der Waals surface area contributed by atoms with Crippen LogP contribution < -0.4 is 5.32 Å². The molecule has 4 aromatic rings. The summed E-state index contributed by atoms with van der Waals surface area (Å²) in [5, 5.41) is 5.68. The minimum Gasteiger partial charge on any atom is -0.313 e. The fourth-order valence-electron chi connectivity index (χ4n) is 4.02. The molecule has 3 nitrogen and oxygen atoms in total. The van der Waals surface area contributed by atoms with E-state index in [-0.39, 0.29) is 5.91 Å². The van der Waals surface area contributed by atoms with Crippen molar-refractivity contribution < 1.29 is 4.79 Å². The van der Waals surface area contributed by atoms with Gasteiger partial charge in [-0.1, -0.05) is 32.0 Å². The molecule has 0 bridgehead atoms. The topological polar surface area (TPSA) is 42.0 Å². The Morgan fingerprint density at radius 1 is 1.06 bits per heavy atom. The molecular formula is C25H24N2OS3. The first-order valence-electron chi connectivity index (χ1n) is 10.7. The lowest BCUT2D eigenvalue weighted by atomic mass is 9.95. The highest BCUT2D eigenvalue weighted by Crippen LogP contribution is 2.46. The normalized spacial score (nSPS) is 13.5. The lowest BCUT2D eigenvalue weighted by molar-refractivity contribution is 0.102. The molecule has 1 aliphatic rings. The Kier molecular flexibility index (Phi) is 5.87. The quantitative estimate of drug-likeness (QED) is 0.308. The Bertz CT molecular complexity index is 1220. The molecular weight excluding hydrogens is 440 g/mol. The van der Waals surface area contributed by atoms with Crippen molar-refractivity contribution >= 4 is 55.6 Å². The molecule has 2 aromatic heterocycles. The number of aromatic nitrogens is 1. The van der Waals surface area contributed by atoms with Crippen LogP contribution in [0.4, 0.5) is 5.00 Å². The van der Waals surface area contributed by atoms with Crippen LogP contribution in [0.1, 0.15) is 47.5 Å². The van der Waals surface area contributed by atoms with E-state index < -0.39 is 0 Å². The number of thiophene rings is 1. The van der Waals surface area contributed by atoms with Crippen LogP contribution in [0.3, 0.4) is 0 Å². The van der Waals surface area contributed by atoms with Crippen molar-refractivity contribution in [3.05, 3.63) is 64.5 Å². The number of thioether (sulfide) groups is 1. The zero-order chi connectivity index (χ0) is 21.4. The number of carbonyl (C=O) groups is 1. The number of hydrogen-bond donors (Lipinski definition) is 1. The molecule has 0 saturated carbocycles. The van der Waals surface area contributed by atoms with Crippen LogP contribution in [-0.4, -0.2) is 16.1 Å². The fraction of sp³-hybridized carbons (Fsp3) is 0.280. The number of carbonyl (C=O) groups excluding carboxylic acids is 1. The molecule has 6 heteroatoms. The van der Waals surface area contributed by atoms with E-state index in [9.17, 15) is 4.79 Å². The van der Waals surface area contributed by atoms with Crippen molar-refractivity contribution in [1.29, 1.82) is 0 Å². The molecule has 0 spiro atoms. The van der Waals surface area contributed by atoms with Gasteiger partial charge in [-0.3, -0.25) is 4.79 Å². The average Bonchev–Trinajstić information content (AvgIpc) is 3.33. The molecule has 1 amide bonds. The SMILES string of the molecule is CC(C)Sc1cccc(C(=O)Nc2sc3c(c2-c2nc4ccccc4s2)CCCC3)c1. The number of fused-ring (bicyclic) bond motifs is 2. The molecule has 0 atom stereocenters. The molecule has 0 saturated heterocycles. The number of rotatable bonds is 5. The van der Waals surface area contributed by atoms with Gasteiger partial charge in [0.05, 0.1) is 10.2 Å². The number of nitrogens with one attached hydrogen (secondary N) is 1. The Morgan fingerprint density at radius 3 is 2.74 bits per heavy atom. The second-order valence-corrected chi connectivity index (χ2v) is 11.8. The number of nitrogens with zero attached hydrogens (tertiary/aromatic N) is 1. The first kappa shape index (κ1) is 20.7. The third kappa shape index (κ3) is 4.29. The molecule has 0 radical (unpaired) electrons. The summed E-state index contributed by atoms with van der Waals surface area (Å²) in [6.45, 7) is 4.33. The van der Waals surface area contributed by atoms with E-state index in [4.69, 9.17) is 4.98 Å². The minimum absolute atomic E-state index is 0.0489. The second-order valence-electron chi connectivity index (χ2n) is 8.05. The third-order valence-corrected chi connectivity index (χ3v) is 8.63. The number of para-hydroxylation sites is 1. The summed E-state index contributed by atoms with van der Waals surface area (Å²) in [6, 6.07) is 16.2. The predicted octanol–water partition coefficient (Wildman–Crippen LogP) is 7.66. The van der Waals surface area contributed by atoms with Crippen LogP contribution in [0.2, 0.25) is 0 Å². The minimum atomic E-state index is -0.0489. The lowest BCUT2D eigenvalue weighted by Gasteiger charge is -2.12. The van der Waals surface area contributed by atoms with Gasteiger partial charge in [0.25, 0.3) is 5.91 Å². The maximum Gasteiger partial charge on any atom is 0.256 e. The Labute approximate surface area is 194 Å². The van der Waals surface area contributed by atoms with Gasteiger partial charge in [0.15, 0.2) is 0 Å². The summed E-state index contributed by atoms with van der Waals surface area (Å²) in [4.78, 5) is 20.6. The van der Waals surface area contributed by atoms with Crippen LogP contribution in [-0.2, 0) is 12.8 Å². The molecule has 158 valence electrons. The lowest BCUT2D eigenvalue weighted by Crippen LogP contribution is -2.11. The van der Waals surface area contributed by atoms with Crippen molar-refractivity contribution in [3.63, 3.8) is 0 Å². The van der Waals surface area contributed by atoms with Crippen molar-refractivity contribution in [1.82, 2.24) is 4.98 Å². The zero-order valence-electron chi connectivity index (χ0n) is 17.6. The number of aryl methyl sites for hydroxylation is 1. The molecule has 5 rings (SSSR count). The summed E-state index contributed by atoms with van der Waals surface area (Å²) >= 11 is 5.22. The summed E-state index contributed by atoms with van der Waals surface area (Å²) in [6.07, 6.45) is 4.57. The largest absolute Gasteiger partial charge is 0.313 e. The molecule has 1 N–H and O–H groups in total. The average molecular weight is 465 g/mol. The molecule has 2 aromatic carbocycles. The molecule has 1 aliphatic carbocycles. The first-order valence-corrected chi connectivity index (χ1v) is 13.2.